The molecule has 3 aliphatic rings. The van der Waals surface area contributed by atoms with E-state index in [1.807, 2.05) is 42.2 Å². The van der Waals surface area contributed by atoms with Gasteiger partial charge in [-0.3, -0.25) is 9.59 Å². The van der Waals surface area contributed by atoms with E-state index in [1.165, 1.54) is 0 Å². The van der Waals surface area contributed by atoms with Gasteiger partial charge in [0.05, 0.1) is 6.10 Å². The largest absolute Gasteiger partial charge is 0.393 e. The Morgan fingerprint density at radius 2 is 1.83 bits per heavy atom. The van der Waals surface area contributed by atoms with E-state index >= 15 is 0 Å². The van der Waals surface area contributed by atoms with Crippen molar-refractivity contribution in [1.82, 2.24) is 9.80 Å². The van der Waals surface area contributed by atoms with Crippen molar-refractivity contribution in [3.05, 3.63) is 35.9 Å². The highest BCUT2D eigenvalue weighted by atomic mass is 16.3. The van der Waals surface area contributed by atoms with E-state index < -0.39 is 5.54 Å². The van der Waals surface area contributed by atoms with Gasteiger partial charge in [0.25, 0.3) is 5.91 Å². The van der Waals surface area contributed by atoms with Crippen LogP contribution in [0.1, 0.15) is 69.2 Å². The van der Waals surface area contributed by atoms with Crippen LogP contribution in [0.3, 0.4) is 0 Å². The number of carbonyl (C=O) groups excluding carboxylic acids is 2. The van der Waals surface area contributed by atoms with Gasteiger partial charge < -0.3 is 14.9 Å². The molecule has 1 N–H and O–H groups in total. The summed E-state index contributed by atoms with van der Waals surface area (Å²) in [7, 11) is 0. The Morgan fingerprint density at radius 1 is 1.07 bits per heavy atom. The zero-order chi connectivity index (χ0) is 20.6. The summed E-state index contributed by atoms with van der Waals surface area (Å²) >= 11 is 0. The van der Waals surface area contributed by atoms with Crippen LogP contribution in [0, 0.1) is 11.8 Å². The number of nitrogens with zero attached hydrogens (tertiary/aromatic N) is 2. The lowest BCUT2D eigenvalue weighted by atomic mass is 9.75. The second-order valence-corrected chi connectivity index (χ2v) is 9.56. The van der Waals surface area contributed by atoms with Crippen molar-refractivity contribution in [3.8, 4) is 0 Å². The molecule has 2 aliphatic heterocycles. The number of carbonyl (C=O) groups is 2. The van der Waals surface area contributed by atoms with Gasteiger partial charge in [-0.05, 0) is 69.9 Å². The second kappa shape index (κ2) is 8.10. The summed E-state index contributed by atoms with van der Waals surface area (Å²) in [4.78, 5) is 30.8. The lowest BCUT2D eigenvalue weighted by Crippen LogP contribution is -2.59. The molecule has 158 valence electrons. The van der Waals surface area contributed by atoms with E-state index in [-0.39, 0.29) is 29.9 Å². The number of rotatable bonds is 3. The Kier molecular flexibility index (Phi) is 5.69. The van der Waals surface area contributed by atoms with Crippen LogP contribution >= 0.6 is 0 Å². The molecule has 5 atom stereocenters. The average molecular weight is 399 g/mol. The first-order chi connectivity index (χ1) is 13.9. The van der Waals surface area contributed by atoms with Crippen molar-refractivity contribution < 1.29 is 14.7 Å². The number of amides is 2. The van der Waals surface area contributed by atoms with E-state index in [2.05, 4.69) is 6.92 Å². The van der Waals surface area contributed by atoms with Crippen molar-refractivity contribution >= 4 is 11.8 Å². The first kappa shape index (κ1) is 20.4. The average Bonchev–Trinajstić information content (AvgIpc) is 3.37. The summed E-state index contributed by atoms with van der Waals surface area (Å²) < 4.78 is 0. The van der Waals surface area contributed by atoms with Crippen LogP contribution in [0.4, 0.5) is 0 Å². The molecule has 3 fully saturated rings. The molecule has 1 aliphatic carbocycles. The number of aliphatic hydroxyl groups is 1. The van der Waals surface area contributed by atoms with E-state index in [4.69, 9.17) is 0 Å². The van der Waals surface area contributed by atoms with Crippen LogP contribution < -0.4 is 0 Å². The lowest BCUT2D eigenvalue weighted by molar-refractivity contribution is -0.144. The van der Waals surface area contributed by atoms with Gasteiger partial charge in [-0.1, -0.05) is 25.1 Å². The van der Waals surface area contributed by atoms with Gasteiger partial charge in [0, 0.05) is 30.6 Å². The summed E-state index contributed by atoms with van der Waals surface area (Å²) in [6.07, 6.45) is 6.07. The van der Waals surface area contributed by atoms with E-state index in [0.29, 0.717) is 24.4 Å². The molecule has 2 amide bonds. The van der Waals surface area contributed by atoms with Crippen molar-refractivity contribution in [2.45, 2.75) is 76.5 Å². The van der Waals surface area contributed by atoms with Gasteiger partial charge in [0.1, 0.15) is 5.54 Å². The lowest BCUT2D eigenvalue weighted by Gasteiger charge is -2.43. The van der Waals surface area contributed by atoms with Gasteiger partial charge in [0.2, 0.25) is 5.91 Å². The fourth-order valence-corrected chi connectivity index (χ4v) is 5.87. The standard InChI is InChI=1S/C24H34N2O3/c1-17-11-12-21(27)19(16-17)20-10-6-14-25(20)23(29)24(2)13-7-15-26(24)22(28)18-8-4-3-5-9-18/h3-5,8-9,17,19-21,27H,6-7,10-16H2,1-2H3. The van der Waals surface area contributed by atoms with E-state index in [0.717, 1.165) is 45.1 Å². The summed E-state index contributed by atoms with van der Waals surface area (Å²) in [5, 5.41) is 10.7. The van der Waals surface area contributed by atoms with Gasteiger partial charge in [0.15, 0.2) is 0 Å². The third kappa shape index (κ3) is 3.70. The molecular weight excluding hydrogens is 364 g/mol. The van der Waals surface area contributed by atoms with Crippen LogP contribution in [-0.4, -0.2) is 57.5 Å². The highest BCUT2D eigenvalue weighted by Gasteiger charge is 2.51. The zero-order valence-corrected chi connectivity index (χ0v) is 17.7. The normalized spacial score (nSPS) is 35.1. The number of likely N-dealkylation sites (tertiary alicyclic amines) is 2. The third-order valence-corrected chi connectivity index (χ3v) is 7.55. The first-order valence-electron chi connectivity index (χ1n) is 11.3. The number of hydrogen-bond donors (Lipinski definition) is 1. The molecule has 0 bridgehead atoms. The number of aliphatic hydroxyl groups excluding tert-OH is 1. The monoisotopic (exact) mass is 398 g/mol. The second-order valence-electron chi connectivity index (χ2n) is 9.56. The van der Waals surface area contributed by atoms with Crippen LogP contribution in [0.25, 0.3) is 0 Å². The Bertz CT molecular complexity index is 752. The summed E-state index contributed by atoms with van der Waals surface area (Å²) in [6.45, 7) is 5.55. The summed E-state index contributed by atoms with van der Waals surface area (Å²) in [5.74, 6) is 0.779. The van der Waals surface area contributed by atoms with E-state index in [9.17, 15) is 14.7 Å². The molecule has 1 aromatic carbocycles. The summed E-state index contributed by atoms with van der Waals surface area (Å²) in [5.41, 5.74) is -0.149. The molecule has 0 aromatic heterocycles. The van der Waals surface area contributed by atoms with Crippen molar-refractivity contribution in [2.75, 3.05) is 13.1 Å². The Balaban J connectivity index is 1.56. The van der Waals surface area contributed by atoms with Crippen LogP contribution in [0.2, 0.25) is 0 Å². The Morgan fingerprint density at radius 3 is 2.59 bits per heavy atom. The van der Waals surface area contributed by atoms with Gasteiger partial charge >= 0.3 is 0 Å². The van der Waals surface area contributed by atoms with Crippen molar-refractivity contribution in [3.63, 3.8) is 0 Å². The fourth-order valence-electron chi connectivity index (χ4n) is 5.87. The predicted molar refractivity (Wildman–Crippen MR) is 112 cm³/mol. The third-order valence-electron chi connectivity index (χ3n) is 7.55. The fraction of sp³-hybridized carbons (Fsp3) is 0.667. The maximum Gasteiger partial charge on any atom is 0.254 e. The Hall–Kier alpha value is -1.88. The summed E-state index contributed by atoms with van der Waals surface area (Å²) in [6, 6.07) is 9.38. The maximum atomic E-state index is 13.8. The molecule has 1 aromatic rings. The SMILES string of the molecule is CC1CCC(O)C(C2CCCN2C(=O)C2(C)CCCN2C(=O)c2ccccc2)C1. The molecule has 5 nitrogen and oxygen atoms in total. The molecule has 0 spiro atoms. The van der Waals surface area contributed by atoms with E-state index in [1.54, 1.807) is 4.90 Å². The minimum Gasteiger partial charge on any atom is -0.393 e. The Labute approximate surface area is 174 Å². The molecule has 4 rings (SSSR count). The number of hydrogen-bond acceptors (Lipinski definition) is 3. The molecule has 2 saturated heterocycles. The highest BCUT2D eigenvalue weighted by molar-refractivity contribution is 5.99. The molecular formula is C24H34N2O3. The molecule has 5 heteroatoms. The molecule has 0 radical (unpaired) electrons. The van der Waals surface area contributed by atoms with Crippen molar-refractivity contribution in [1.29, 1.82) is 0 Å². The molecule has 29 heavy (non-hydrogen) atoms. The highest BCUT2D eigenvalue weighted by Crippen LogP contribution is 2.40. The quantitative estimate of drug-likeness (QED) is 0.848. The minimum absolute atomic E-state index is 0.0546. The van der Waals surface area contributed by atoms with Crippen LogP contribution in [0.5, 0.6) is 0 Å². The van der Waals surface area contributed by atoms with Crippen LogP contribution in [-0.2, 0) is 4.79 Å². The first-order valence-corrected chi connectivity index (χ1v) is 11.3. The smallest absolute Gasteiger partial charge is 0.254 e. The van der Waals surface area contributed by atoms with Gasteiger partial charge in [-0.15, -0.1) is 0 Å². The minimum atomic E-state index is -0.791. The van der Waals surface area contributed by atoms with Crippen molar-refractivity contribution in [2.24, 2.45) is 11.8 Å². The van der Waals surface area contributed by atoms with Gasteiger partial charge in [-0.25, -0.2) is 0 Å². The van der Waals surface area contributed by atoms with Crippen LogP contribution in [0.15, 0.2) is 30.3 Å². The zero-order valence-electron chi connectivity index (χ0n) is 17.7. The predicted octanol–water partition coefficient (Wildman–Crippen LogP) is 3.47. The topological polar surface area (TPSA) is 60.9 Å². The van der Waals surface area contributed by atoms with Gasteiger partial charge in [-0.2, -0.15) is 0 Å². The maximum absolute atomic E-state index is 13.8. The molecule has 5 unspecified atom stereocenters. The molecule has 1 saturated carbocycles. The number of benzene rings is 1. The molecule has 2 heterocycles.